The van der Waals surface area contributed by atoms with Gasteiger partial charge in [0, 0.05) is 37.8 Å². The second kappa shape index (κ2) is 6.59. The Morgan fingerprint density at radius 3 is 2.21 bits per heavy atom. The second-order valence-corrected chi connectivity index (χ2v) is 7.00. The van der Waals surface area contributed by atoms with Gasteiger partial charge in [0.1, 0.15) is 11.5 Å². The van der Waals surface area contributed by atoms with Gasteiger partial charge in [0.05, 0.1) is 11.6 Å². The molecule has 1 N–H and O–H groups in total. The van der Waals surface area contributed by atoms with Crippen LogP contribution in [0.15, 0.2) is 4.42 Å². The number of aryl methyl sites for hydroxylation is 2. The van der Waals surface area contributed by atoms with Gasteiger partial charge < -0.3 is 14.6 Å². The molecule has 0 aromatic carbocycles. The molecule has 1 aliphatic carbocycles. The van der Waals surface area contributed by atoms with E-state index in [1.807, 2.05) is 32.6 Å². The van der Waals surface area contributed by atoms with Gasteiger partial charge in [-0.3, -0.25) is 14.5 Å². The van der Waals surface area contributed by atoms with Crippen molar-refractivity contribution in [2.24, 2.45) is 0 Å². The average Bonchev–Trinajstić information content (AvgIpc) is 3.33. The molecule has 2 fully saturated rings. The maximum atomic E-state index is 12.8. The van der Waals surface area contributed by atoms with E-state index in [1.165, 1.54) is 0 Å². The monoisotopic (exact) mass is 333 g/mol. The third kappa shape index (κ3) is 3.34. The molecule has 0 spiro atoms. The molecule has 6 heteroatoms. The van der Waals surface area contributed by atoms with Crippen molar-refractivity contribution in [2.45, 2.75) is 52.6 Å². The molecule has 0 radical (unpaired) electrons. The zero-order chi connectivity index (χ0) is 17.4. The molecule has 2 heterocycles. The normalized spacial score (nSPS) is 20.1. The molecule has 1 aromatic rings. The van der Waals surface area contributed by atoms with Gasteiger partial charge >= 0.3 is 0 Å². The van der Waals surface area contributed by atoms with Crippen LogP contribution in [0.25, 0.3) is 0 Å². The third-order valence-electron chi connectivity index (χ3n) is 5.23. The number of amides is 2. The number of nitrogens with zero attached hydrogens (tertiary/aromatic N) is 2. The smallest absolute Gasteiger partial charge is 0.257 e. The number of furan rings is 1. The largest absolute Gasteiger partial charge is 0.466 e. The Bertz CT molecular complexity index is 640. The predicted molar refractivity (Wildman–Crippen MR) is 91.0 cm³/mol. The summed E-state index contributed by atoms with van der Waals surface area (Å²) in [5, 5.41) is 3.05. The molecule has 3 rings (SSSR count). The van der Waals surface area contributed by atoms with Crippen LogP contribution in [0.2, 0.25) is 0 Å². The summed E-state index contributed by atoms with van der Waals surface area (Å²) in [7, 11) is 0. The fourth-order valence-corrected chi connectivity index (χ4v) is 3.29. The Labute approximate surface area is 143 Å². The van der Waals surface area contributed by atoms with Crippen LogP contribution in [0.1, 0.15) is 47.2 Å². The molecule has 1 unspecified atom stereocenters. The van der Waals surface area contributed by atoms with Crippen LogP contribution in [0.3, 0.4) is 0 Å². The van der Waals surface area contributed by atoms with Crippen LogP contribution in [0.4, 0.5) is 0 Å². The third-order valence-corrected chi connectivity index (χ3v) is 5.23. The molecule has 0 bridgehead atoms. The molecular weight excluding hydrogens is 306 g/mol. The number of carbonyl (C=O) groups excluding carboxylic acids is 2. The van der Waals surface area contributed by atoms with E-state index < -0.39 is 0 Å². The van der Waals surface area contributed by atoms with Gasteiger partial charge in [-0.2, -0.15) is 0 Å². The number of carbonyl (C=O) groups is 2. The number of hydrogen-bond donors (Lipinski definition) is 1. The summed E-state index contributed by atoms with van der Waals surface area (Å²) in [4.78, 5) is 29.0. The summed E-state index contributed by atoms with van der Waals surface area (Å²) in [6.07, 6.45) is 2.20. The summed E-state index contributed by atoms with van der Waals surface area (Å²) < 4.78 is 5.58. The Morgan fingerprint density at radius 2 is 1.71 bits per heavy atom. The van der Waals surface area contributed by atoms with Gasteiger partial charge in [-0.25, -0.2) is 0 Å². The fourth-order valence-electron chi connectivity index (χ4n) is 3.29. The Hall–Kier alpha value is -1.82. The van der Waals surface area contributed by atoms with Crippen molar-refractivity contribution in [1.29, 1.82) is 0 Å². The van der Waals surface area contributed by atoms with Crippen molar-refractivity contribution in [3.63, 3.8) is 0 Å². The summed E-state index contributed by atoms with van der Waals surface area (Å²) >= 11 is 0. The van der Waals surface area contributed by atoms with E-state index in [4.69, 9.17) is 4.42 Å². The number of nitrogens with one attached hydrogen (secondary N) is 1. The summed E-state index contributed by atoms with van der Waals surface area (Å²) in [6.45, 7) is 10.3. The van der Waals surface area contributed by atoms with E-state index in [1.54, 1.807) is 0 Å². The highest BCUT2D eigenvalue weighted by atomic mass is 16.3. The first kappa shape index (κ1) is 17.0. The van der Waals surface area contributed by atoms with E-state index >= 15 is 0 Å². The lowest BCUT2D eigenvalue weighted by atomic mass is 10.1. The zero-order valence-corrected chi connectivity index (χ0v) is 15.0. The lowest BCUT2D eigenvalue weighted by molar-refractivity contribution is -0.126. The van der Waals surface area contributed by atoms with Gasteiger partial charge in [-0.05, 0) is 40.5 Å². The second-order valence-electron chi connectivity index (χ2n) is 7.00. The summed E-state index contributed by atoms with van der Waals surface area (Å²) in [6, 6.07) is 0.251. The first-order valence-corrected chi connectivity index (χ1v) is 8.78. The lowest BCUT2D eigenvalue weighted by Crippen LogP contribution is -2.55. The first-order chi connectivity index (χ1) is 11.4. The number of rotatable bonds is 4. The molecule has 1 aromatic heterocycles. The van der Waals surface area contributed by atoms with Crippen LogP contribution >= 0.6 is 0 Å². The van der Waals surface area contributed by atoms with Gasteiger partial charge in [-0.15, -0.1) is 0 Å². The van der Waals surface area contributed by atoms with E-state index in [2.05, 4.69) is 10.2 Å². The topological polar surface area (TPSA) is 65.8 Å². The molecule has 1 saturated carbocycles. The van der Waals surface area contributed by atoms with Gasteiger partial charge in [0.15, 0.2) is 0 Å². The molecule has 6 nitrogen and oxygen atoms in total. The van der Waals surface area contributed by atoms with Gasteiger partial charge in [-0.1, -0.05) is 0 Å². The van der Waals surface area contributed by atoms with Gasteiger partial charge in [0.25, 0.3) is 5.91 Å². The average molecular weight is 333 g/mol. The van der Waals surface area contributed by atoms with Crippen molar-refractivity contribution in [2.75, 3.05) is 26.2 Å². The fraction of sp³-hybridized carbons (Fsp3) is 0.667. The highest BCUT2D eigenvalue weighted by Crippen LogP contribution is 2.23. The van der Waals surface area contributed by atoms with Crippen LogP contribution in [-0.2, 0) is 4.79 Å². The number of hydrogen-bond acceptors (Lipinski definition) is 4. The molecule has 1 aliphatic heterocycles. The first-order valence-electron chi connectivity index (χ1n) is 8.78. The maximum Gasteiger partial charge on any atom is 0.257 e. The standard InChI is InChI=1S/C18H27N3O3/c1-11-13(3)24-14(4)16(11)18(23)21-9-7-20(8-10-21)12(2)17(22)19-15-5-6-15/h12,15H,5-10H2,1-4H3,(H,19,22). The maximum absolute atomic E-state index is 12.8. The molecule has 2 aliphatic rings. The minimum absolute atomic E-state index is 0.0385. The number of piperazine rings is 1. The van der Waals surface area contributed by atoms with E-state index in [9.17, 15) is 9.59 Å². The minimum Gasteiger partial charge on any atom is -0.466 e. The molecule has 24 heavy (non-hydrogen) atoms. The molecular formula is C18H27N3O3. The Morgan fingerprint density at radius 1 is 1.08 bits per heavy atom. The van der Waals surface area contributed by atoms with Crippen molar-refractivity contribution >= 4 is 11.8 Å². The SMILES string of the molecule is Cc1oc(C)c(C(=O)N2CCN(C(C)C(=O)NC3CC3)CC2)c1C. The van der Waals surface area contributed by atoms with Crippen molar-refractivity contribution in [1.82, 2.24) is 15.1 Å². The highest BCUT2D eigenvalue weighted by molar-refractivity contribution is 5.97. The van der Waals surface area contributed by atoms with Crippen LogP contribution < -0.4 is 5.32 Å². The van der Waals surface area contributed by atoms with E-state index in [-0.39, 0.29) is 17.9 Å². The van der Waals surface area contributed by atoms with E-state index in [0.29, 0.717) is 30.5 Å². The summed E-state index contributed by atoms with van der Waals surface area (Å²) in [5.74, 6) is 1.64. The lowest BCUT2D eigenvalue weighted by Gasteiger charge is -2.37. The zero-order valence-electron chi connectivity index (χ0n) is 15.0. The Kier molecular flexibility index (Phi) is 4.67. The summed E-state index contributed by atoms with van der Waals surface area (Å²) in [5.41, 5.74) is 1.62. The van der Waals surface area contributed by atoms with Crippen LogP contribution in [-0.4, -0.2) is 59.9 Å². The van der Waals surface area contributed by atoms with E-state index in [0.717, 1.165) is 37.3 Å². The molecule has 1 saturated heterocycles. The quantitative estimate of drug-likeness (QED) is 0.909. The molecule has 2 amide bonds. The minimum atomic E-state index is -0.137. The molecule has 1 atom stereocenters. The van der Waals surface area contributed by atoms with Crippen molar-refractivity contribution in [3.05, 3.63) is 22.6 Å². The Balaban J connectivity index is 1.58. The predicted octanol–water partition coefficient (Wildman–Crippen LogP) is 1.63. The highest BCUT2D eigenvalue weighted by Gasteiger charge is 2.32. The van der Waals surface area contributed by atoms with Crippen LogP contribution in [0, 0.1) is 20.8 Å². The van der Waals surface area contributed by atoms with Crippen molar-refractivity contribution < 1.29 is 14.0 Å². The van der Waals surface area contributed by atoms with Crippen molar-refractivity contribution in [3.8, 4) is 0 Å². The van der Waals surface area contributed by atoms with Crippen LogP contribution in [0.5, 0.6) is 0 Å². The van der Waals surface area contributed by atoms with Gasteiger partial charge in [0.2, 0.25) is 5.91 Å². The molecule has 132 valence electrons.